The van der Waals surface area contributed by atoms with Crippen molar-refractivity contribution >= 4 is 15.8 Å². The minimum absolute atomic E-state index is 0.261. The smallest absolute Gasteiger partial charge is 0.265 e. The lowest BCUT2D eigenvalue weighted by atomic mass is 9.81. The van der Waals surface area contributed by atoms with Gasteiger partial charge in [0.15, 0.2) is 0 Å². The average molecular weight is 294 g/mol. The van der Waals surface area contributed by atoms with E-state index in [4.69, 9.17) is 0 Å². The number of hydrogen-bond acceptors (Lipinski definition) is 4. The molecular weight excluding hydrogens is 276 g/mol. The molecule has 1 saturated heterocycles. The molecule has 3 aliphatic rings. The molecule has 0 bridgehead atoms. The standard InChI is InChI=1S/C14H18N2O3S/c1-8-5-12-14(10-3-4-15-6-13(10)16-12)11(9(8)2)7-20(17,18)19/h5,11,15H,3-4,6-7H2,1-2H3,(H,17,18,19). The Hall–Kier alpha value is -1.24. The molecule has 1 fully saturated rings. The van der Waals surface area contributed by atoms with Crippen LogP contribution in [0.1, 0.15) is 20.3 Å². The van der Waals surface area contributed by atoms with Crippen LogP contribution in [0, 0.1) is 5.92 Å². The van der Waals surface area contributed by atoms with Crippen LogP contribution in [0.2, 0.25) is 0 Å². The van der Waals surface area contributed by atoms with Crippen LogP contribution < -0.4 is 5.32 Å². The van der Waals surface area contributed by atoms with E-state index in [1.165, 1.54) is 0 Å². The number of nitrogens with one attached hydrogen (secondary N) is 1. The molecule has 0 spiro atoms. The summed E-state index contributed by atoms with van der Waals surface area (Å²) >= 11 is 0. The largest absolute Gasteiger partial charge is 0.311 e. The average Bonchev–Trinajstić information content (AvgIpc) is 2.71. The third kappa shape index (κ3) is 2.28. The highest BCUT2D eigenvalue weighted by molar-refractivity contribution is 7.85. The van der Waals surface area contributed by atoms with Crippen LogP contribution in [-0.4, -0.2) is 37.5 Å². The van der Waals surface area contributed by atoms with E-state index in [1.807, 2.05) is 19.9 Å². The van der Waals surface area contributed by atoms with Gasteiger partial charge in [-0.15, -0.1) is 0 Å². The molecule has 3 rings (SSSR count). The van der Waals surface area contributed by atoms with Crippen LogP contribution >= 0.6 is 0 Å². The van der Waals surface area contributed by atoms with Gasteiger partial charge in [-0.1, -0.05) is 5.57 Å². The Kier molecular flexibility index (Phi) is 3.19. The summed E-state index contributed by atoms with van der Waals surface area (Å²) in [6.07, 6.45) is 2.88. The summed E-state index contributed by atoms with van der Waals surface area (Å²) in [4.78, 5) is 4.63. The third-order valence-corrected chi connectivity index (χ3v) is 5.03. The maximum Gasteiger partial charge on any atom is 0.265 e. The maximum atomic E-state index is 11.3. The minimum Gasteiger partial charge on any atom is -0.311 e. The molecule has 0 saturated carbocycles. The number of aliphatic imine (C=N–C) groups is 1. The SMILES string of the molecule is CC1=C(C)C(CS(=O)(=O)O)C2=C3CCNCC3=NC2=C1. The van der Waals surface area contributed by atoms with Crippen LogP contribution in [0.4, 0.5) is 0 Å². The number of rotatable bonds is 2. The second-order valence-corrected chi connectivity index (χ2v) is 7.07. The van der Waals surface area contributed by atoms with Crippen molar-refractivity contribution in [2.75, 3.05) is 18.8 Å². The van der Waals surface area contributed by atoms with E-state index in [9.17, 15) is 13.0 Å². The number of fused-ring (bicyclic) bond motifs is 2. The summed E-state index contributed by atoms with van der Waals surface area (Å²) in [6.45, 7) is 5.50. The van der Waals surface area contributed by atoms with Gasteiger partial charge in [0.05, 0.1) is 17.2 Å². The van der Waals surface area contributed by atoms with E-state index in [0.717, 1.165) is 53.2 Å². The highest BCUT2D eigenvalue weighted by Gasteiger charge is 2.36. The Morgan fingerprint density at radius 3 is 2.90 bits per heavy atom. The fraction of sp³-hybridized carbons (Fsp3) is 0.500. The van der Waals surface area contributed by atoms with E-state index in [1.54, 1.807) is 0 Å². The predicted octanol–water partition coefficient (Wildman–Crippen LogP) is 1.47. The topological polar surface area (TPSA) is 78.8 Å². The van der Waals surface area contributed by atoms with Gasteiger partial charge in [0.1, 0.15) is 0 Å². The normalized spacial score (nSPS) is 26.2. The third-order valence-electron chi connectivity index (χ3n) is 4.27. The van der Waals surface area contributed by atoms with Gasteiger partial charge >= 0.3 is 0 Å². The lowest BCUT2D eigenvalue weighted by Gasteiger charge is -2.26. The Balaban J connectivity index is 2.11. The van der Waals surface area contributed by atoms with Gasteiger partial charge in [-0.25, -0.2) is 0 Å². The molecule has 2 N–H and O–H groups in total. The van der Waals surface area contributed by atoms with Crippen molar-refractivity contribution in [1.82, 2.24) is 5.32 Å². The van der Waals surface area contributed by atoms with Gasteiger partial charge in [0.2, 0.25) is 0 Å². The fourth-order valence-corrected chi connectivity index (χ4v) is 3.99. The van der Waals surface area contributed by atoms with Crippen LogP contribution in [-0.2, 0) is 10.1 Å². The summed E-state index contributed by atoms with van der Waals surface area (Å²) in [5.41, 5.74) is 6.09. The Bertz CT molecular complexity index is 696. The van der Waals surface area contributed by atoms with E-state index in [-0.39, 0.29) is 11.7 Å². The molecule has 0 aromatic carbocycles. The van der Waals surface area contributed by atoms with Gasteiger partial charge in [0.25, 0.3) is 10.1 Å². The quantitative estimate of drug-likeness (QED) is 0.756. The van der Waals surface area contributed by atoms with Crippen LogP contribution in [0.5, 0.6) is 0 Å². The van der Waals surface area contributed by atoms with Crippen molar-refractivity contribution in [2.24, 2.45) is 10.9 Å². The van der Waals surface area contributed by atoms with Crippen molar-refractivity contribution in [2.45, 2.75) is 20.3 Å². The van der Waals surface area contributed by atoms with Crippen LogP contribution in [0.3, 0.4) is 0 Å². The molecule has 0 aromatic rings. The number of piperidine rings is 1. The van der Waals surface area contributed by atoms with Gasteiger partial charge in [-0.05, 0) is 49.6 Å². The Labute approximate surface area is 118 Å². The first kappa shape index (κ1) is 13.7. The lowest BCUT2D eigenvalue weighted by Crippen LogP contribution is -2.32. The molecule has 1 aliphatic carbocycles. The molecule has 1 unspecified atom stereocenters. The van der Waals surface area contributed by atoms with Crippen molar-refractivity contribution in [3.05, 3.63) is 34.1 Å². The molecule has 6 heteroatoms. The molecule has 20 heavy (non-hydrogen) atoms. The molecular formula is C14H18N2O3S. The lowest BCUT2D eigenvalue weighted by molar-refractivity contribution is 0.476. The Morgan fingerprint density at radius 1 is 1.45 bits per heavy atom. The van der Waals surface area contributed by atoms with Gasteiger partial charge in [-0.3, -0.25) is 9.55 Å². The summed E-state index contributed by atoms with van der Waals surface area (Å²) in [7, 11) is -4.02. The van der Waals surface area contributed by atoms with Gasteiger partial charge in [0, 0.05) is 12.5 Å². The monoisotopic (exact) mass is 294 g/mol. The molecule has 108 valence electrons. The summed E-state index contributed by atoms with van der Waals surface area (Å²) in [6, 6.07) is 0. The van der Waals surface area contributed by atoms with Crippen LogP contribution in [0.15, 0.2) is 39.1 Å². The molecule has 0 radical (unpaired) electrons. The van der Waals surface area contributed by atoms with Crippen molar-refractivity contribution in [3.63, 3.8) is 0 Å². The minimum atomic E-state index is -4.02. The molecule has 0 aromatic heterocycles. The van der Waals surface area contributed by atoms with Crippen LogP contribution in [0.25, 0.3) is 0 Å². The number of allylic oxidation sites excluding steroid dienone is 4. The van der Waals surface area contributed by atoms with E-state index < -0.39 is 10.1 Å². The maximum absolute atomic E-state index is 11.3. The Morgan fingerprint density at radius 2 is 2.20 bits per heavy atom. The number of hydrogen-bond donors (Lipinski definition) is 2. The first-order chi connectivity index (χ1) is 9.37. The fourth-order valence-electron chi connectivity index (χ4n) is 3.16. The molecule has 2 heterocycles. The zero-order valence-corrected chi connectivity index (χ0v) is 12.4. The zero-order chi connectivity index (χ0) is 14.5. The van der Waals surface area contributed by atoms with Gasteiger partial charge in [-0.2, -0.15) is 8.42 Å². The molecule has 5 nitrogen and oxygen atoms in total. The number of nitrogens with zero attached hydrogens (tertiary/aromatic N) is 1. The van der Waals surface area contributed by atoms with E-state index in [2.05, 4.69) is 10.3 Å². The summed E-state index contributed by atoms with van der Waals surface area (Å²) in [5, 5.41) is 3.28. The highest BCUT2D eigenvalue weighted by atomic mass is 32.2. The van der Waals surface area contributed by atoms with E-state index >= 15 is 0 Å². The first-order valence-corrected chi connectivity index (χ1v) is 8.34. The zero-order valence-electron chi connectivity index (χ0n) is 11.6. The van der Waals surface area contributed by atoms with Gasteiger partial charge < -0.3 is 5.32 Å². The second kappa shape index (κ2) is 4.65. The van der Waals surface area contributed by atoms with Crippen molar-refractivity contribution in [1.29, 1.82) is 0 Å². The highest BCUT2D eigenvalue weighted by Crippen LogP contribution is 2.42. The molecule has 2 aliphatic heterocycles. The predicted molar refractivity (Wildman–Crippen MR) is 78.3 cm³/mol. The summed E-state index contributed by atoms with van der Waals surface area (Å²) < 4.78 is 31.9. The van der Waals surface area contributed by atoms with Crippen molar-refractivity contribution in [3.8, 4) is 0 Å². The first-order valence-electron chi connectivity index (χ1n) is 6.73. The summed E-state index contributed by atoms with van der Waals surface area (Å²) in [5.74, 6) is -0.540. The van der Waals surface area contributed by atoms with E-state index in [0.29, 0.717) is 0 Å². The molecule has 1 atom stereocenters. The van der Waals surface area contributed by atoms with Crippen molar-refractivity contribution < 1.29 is 13.0 Å². The second-order valence-electron chi connectivity index (χ2n) is 5.57. The molecule has 0 amide bonds.